The molecular weight excluding hydrogens is 192 g/mol. The maximum atomic E-state index is 11.3. The van der Waals surface area contributed by atoms with Gasteiger partial charge in [0.15, 0.2) is 0 Å². The van der Waals surface area contributed by atoms with Gasteiger partial charge in [0.1, 0.15) is 5.69 Å². The first-order chi connectivity index (χ1) is 7.31. The highest BCUT2D eigenvalue weighted by molar-refractivity contribution is 5.87. The average molecular weight is 206 g/mol. The van der Waals surface area contributed by atoms with Gasteiger partial charge in [0.25, 0.3) is 0 Å². The van der Waals surface area contributed by atoms with Crippen LogP contribution in [0.3, 0.4) is 0 Å². The third kappa shape index (κ3) is 2.09. The number of hydrogen-bond acceptors (Lipinski definition) is 4. The normalized spacial score (nSPS) is 14.7. The number of aryl methyl sites for hydroxylation is 1. The number of methoxy groups -OCH3 is 1. The lowest BCUT2D eigenvalue weighted by Gasteiger charge is -2.07. The van der Waals surface area contributed by atoms with E-state index in [-0.39, 0.29) is 5.97 Å². The standard InChI is InChI=1S/C11H14N2O2/c1-15-11(14)10-6-5-8-9(13-10)4-2-3-7-12-8/h5-6,12H,2-4,7H2,1H3. The smallest absolute Gasteiger partial charge is 0.356 e. The van der Waals surface area contributed by atoms with E-state index in [1.165, 1.54) is 7.11 Å². The molecule has 80 valence electrons. The summed E-state index contributed by atoms with van der Waals surface area (Å²) < 4.78 is 4.64. The van der Waals surface area contributed by atoms with E-state index in [4.69, 9.17) is 0 Å². The van der Waals surface area contributed by atoms with Gasteiger partial charge in [-0.2, -0.15) is 0 Å². The van der Waals surface area contributed by atoms with Crippen molar-refractivity contribution in [2.45, 2.75) is 19.3 Å². The Morgan fingerprint density at radius 3 is 3.13 bits per heavy atom. The van der Waals surface area contributed by atoms with E-state index >= 15 is 0 Å². The summed E-state index contributed by atoms with van der Waals surface area (Å²) in [6, 6.07) is 3.60. The average Bonchev–Trinajstić information content (AvgIpc) is 2.51. The largest absolute Gasteiger partial charge is 0.464 e. The van der Waals surface area contributed by atoms with Gasteiger partial charge in [0.05, 0.1) is 18.5 Å². The first-order valence-electron chi connectivity index (χ1n) is 5.13. The summed E-state index contributed by atoms with van der Waals surface area (Å²) in [5.74, 6) is -0.373. The predicted molar refractivity (Wildman–Crippen MR) is 57.0 cm³/mol. The second-order valence-electron chi connectivity index (χ2n) is 3.57. The summed E-state index contributed by atoms with van der Waals surface area (Å²) in [6.45, 7) is 0.978. The van der Waals surface area contributed by atoms with E-state index in [2.05, 4.69) is 15.0 Å². The van der Waals surface area contributed by atoms with Crippen LogP contribution in [0.15, 0.2) is 12.1 Å². The summed E-state index contributed by atoms with van der Waals surface area (Å²) in [5, 5.41) is 3.29. The number of aromatic nitrogens is 1. The van der Waals surface area contributed by atoms with Crippen LogP contribution in [0, 0.1) is 0 Å². The van der Waals surface area contributed by atoms with Crippen LogP contribution in [0.2, 0.25) is 0 Å². The zero-order chi connectivity index (χ0) is 10.7. The van der Waals surface area contributed by atoms with Crippen LogP contribution in [0.5, 0.6) is 0 Å². The van der Waals surface area contributed by atoms with E-state index in [1.54, 1.807) is 6.07 Å². The third-order valence-corrected chi connectivity index (χ3v) is 2.52. The molecular formula is C11H14N2O2. The molecule has 0 amide bonds. The van der Waals surface area contributed by atoms with Gasteiger partial charge in [-0.1, -0.05) is 0 Å². The van der Waals surface area contributed by atoms with Crippen molar-refractivity contribution in [2.24, 2.45) is 0 Å². The molecule has 0 atom stereocenters. The van der Waals surface area contributed by atoms with Gasteiger partial charge >= 0.3 is 5.97 Å². The quantitative estimate of drug-likeness (QED) is 0.709. The molecule has 1 aromatic heterocycles. The number of ether oxygens (including phenoxy) is 1. The fraction of sp³-hybridized carbons (Fsp3) is 0.455. The number of hydrogen-bond donors (Lipinski definition) is 1. The molecule has 2 heterocycles. The summed E-state index contributed by atoms with van der Waals surface area (Å²) in [7, 11) is 1.37. The SMILES string of the molecule is COC(=O)c1ccc2c(n1)CCCCN2. The molecule has 1 aliphatic rings. The molecule has 0 fully saturated rings. The van der Waals surface area contributed by atoms with Crippen molar-refractivity contribution < 1.29 is 9.53 Å². The Labute approximate surface area is 88.7 Å². The van der Waals surface area contributed by atoms with E-state index in [9.17, 15) is 4.79 Å². The van der Waals surface area contributed by atoms with Crippen molar-refractivity contribution in [3.63, 3.8) is 0 Å². The summed E-state index contributed by atoms with van der Waals surface area (Å²) in [4.78, 5) is 15.6. The Morgan fingerprint density at radius 1 is 1.47 bits per heavy atom. The van der Waals surface area contributed by atoms with Crippen LogP contribution in [0.4, 0.5) is 5.69 Å². The Hall–Kier alpha value is -1.58. The predicted octanol–water partition coefficient (Wildman–Crippen LogP) is 1.62. The summed E-state index contributed by atoms with van der Waals surface area (Å²) in [6.07, 6.45) is 3.18. The van der Waals surface area contributed by atoms with Crippen LogP contribution in [0.25, 0.3) is 0 Å². The molecule has 0 aromatic carbocycles. The number of rotatable bonds is 1. The summed E-state index contributed by atoms with van der Waals surface area (Å²) >= 11 is 0. The fourth-order valence-corrected chi connectivity index (χ4v) is 1.71. The first kappa shape index (κ1) is 9.96. The zero-order valence-electron chi connectivity index (χ0n) is 8.75. The maximum Gasteiger partial charge on any atom is 0.356 e. The molecule has 0 spiro atoms. The van der Waals surface area contributed by atoms with Crippen molar-refractivity contribution in [3.05, 3.63) is 23.5 Å². The molecule has 0 saturated carbocycles. The van der Waals surface area contributed by atoms with E-state index in [0.717, 1.165) is 37.2 Å². The molecule has 0 saturated heterocycles. The van der Waals surface area contributed by atoms with Gasteiger partial charge in [0.2, 0.25) is 0 Å². The molecule has 1 aliphatic heterocycles. The number of pyridine rings is 1. The van der Waals surface area contributed by atoms with Crippen molar-refractivity contribution in [1.29, 1.82) is 0 Å². The molecule has 4 heteroatoms. The van der Waals surface area contributed by atoms with Gasteiger partial charge < -0.3 is 10.1 Å². The van der Waals surface area contributed by atoms with Crippen molar-refractivity contribution in [3.8, 4) is 0 Å². The lowest BCUT2D eigenvalue weighted by atomic mass is 10.2. The van der Waals surface area contributed by atoms with Crippen LogP contribution in [-0.4, -0.2) is 24.6 Å². The van der Waals surface area contributed by atoms with E-state index < -0.39 is 0 Å². The minimum absolute atomic E-state index is 0.373. The zero-order valence-corrected chi connectivity index (χ0v) is 8.75. The van der Waals surface area contributed by atoms with Crippen molar-refractivity contribution >= 4 is 11.7 Å². The van der Waals surface area contributed by atoms with E-state index in [0.29, 0.717) is 5.69 Å². The van der Waals surface area contributed by atoms with E-state index in [1.807, 2.05) is 6.07 Å². The lowest BCUT2D eigenvalue weighted by molar-refractivity contribution is 0.0594. The van der Waals surface area contributed by atoms with Gasteiger partial charge in [0, 0.05) is 6.54 Å². The lowest BCUT2D eigenvalue weighted by Crippen LogP contribution is -2.07. The Kier molecular flexibility index (Phi) is 2.85. The van der Waals surface area contributed by atoms with Crippen LogP contribution in [-0.2, 0) is 11.2 Å². The monoisotopic (exact) mass is 206 g/mol. The Balaban J connectivity index is 2.31. The van der Waals surface area contributed by atoms with Gasteiger partial charge in [-0.05, 0) is 31.4 Å². The summed E-state index contributed by atoms with van der Waals surface area (Å²) in [5.41, 5.74) is 2.40. The van der Waals surface area contributed by atoms with Gasteiger partial charge in [-0.3, -0.25) is 0 Å². The second-order valence-corrected chi connectivity index (χ2v) is 3.57. The number of esters is 1. The Morgan fingerprint density at radius 2 is 2.33 bits per heavy atom. The number of fused-ring (bicyclic) bond motifs is 1. The molecule has 2 rings (SSSR count). The highest BCUT2D eigenvalue weighted by Gasteiger charge is 2.13. The molecule has 1 N–H and O–H groups in total. The van der Waals surface area contributed by atoms with Crippen molar-refractivity contribution in [2.75, 3.05) is 19.0 Å². The number of carbonyl (C=O) groups excluding carboxylic acids is 1. The first-order valence-corrected chi connectivity index (χ1v) is 5.13. The van der Waals surface area contributed by atoms with Gasteiger partial charge in [-0.25, -0.2) is 9.78 Å². The highest BCUT2D eigenvalue weighted by atomic mass is 16.5. The van der Waals surface area contributed by atoms with Crippen molar-refractivity contribution in [1.82, 2.24) is 4.98 Å². The number of carbonyl (C=O) groups is 1. The Bertz CT molecular complexity index is 377. The second kappa shape index (κ2) is 4.29. The van der Waals surface area contributed by atoms with Crippen LogP contribution < -0.4 is 5.32 Å². The minimum Gasteiger partial charge on any atom is -0.464 e. The molecule has 0 bridgehead atoms. The molecule has 1 aromatic rings. The van der Waals surface area contributed by atoms with Crippen LogP contribution in [0.1, 0.15) is 29.0 Å². The van der Waals surface area contributed by atoms with Crippen LogP contribution >= 0.6 is 0 Å². The maximum absolute atomic E-state index is 11.3. The topological polar surface area (TPSA) is 51.2 Å². The third-order valence-electron chi connectivity index (χ3n) is 2.52. The number of nitrogens with zero attached hydrogens (tertiary/aromatic N) is 1. The fourth-order valence-electron chi connectivity index (χ4n) is 1.71. The minimum atomic E-state index is -0.373. The number of nitrogens with one attached hydrogen (secondary N) is 1. The molecule has 0 radical (unpaired) electrons. The van der Waals surface area contributed by atoms with Gasteiger partial charge in [-0.15, -0.1) is 0 Å². The highest BCUT2D eigenvalue weighted by Crippen LogP contribution is 2.19. The molecule has 4 nitrogen and oxygen atoms in total. The molecule has 0 aliphatic carbocycles. The molecule has 0 unspecified atom stereocenters. The number of anilines is 1. The molecule has 15 heavy (non-hydrogen) atoms.